The Morgan fingerprint density at radius 1 is 0.833 bits per heavy atom. The maximum Gasteiger partial charge on any atom is 0.357 e. The first kappa shape index (κ1) is 24.5. The lowest BCUT2D eigenvalue weighted by atomic mass is 10.0. The molecule has 0 radical (unpaired) electrons. The first-order valence-electron chi connectivity index (χ1n) is 10.6. The van der Waals surface area contributed by atoms with E-state index < -0.39 is 35.1 Å². The van der Waals surface area contributed by atoms with Crippen molar-refractivity contribution in [3.63, 3.8) is 0 Å². The topological polar surface area (TPSA) is 79.7 Å². The standard InChI is InChI=1S/C26H19F3N2O5/c1-34-25(32)20-23(30-31(24(20)26(33)35-2)17-6-4-3-5-7-17)16-10-8-15(9-11-16)14-36-19-13-12-18(27)21(28)22(19)29/h3-13H,14H2,1-2H3. The number of hydrogen-bond acceptors (Lipinski definition) is 6. The summed E-state index contributed by atoms with van der Waals surface area (Å²) < 4.78 is 56.8. The first-order valence-corrected chi connectivity index (χ1v) is 10.6. The summed E-state index contributed by atoms with van der Waals surface area (Å²) in [5.41, 5.74) is 1.54. The molecule has 36 heavy (non-hydrogen) atoms. The summed E-state index contributed by atoms with van der Waals surface area (Å²) in [4.78, 5) is 25.4. The van der Waals surface area contributed by atoms with E-state index in [2.05, 4.69) is 5.10 Å². The second kappa shape index (κ2) is 10.3. The summed E-state index contributed by atoms with van der Waals surface area (Å²) in [6, 6.07) is 16.9. The molecule has 1 heterocycles. The Hall–Kier alpha value is -4.60. The summed E-state index contributed by atoms with van der Waals surface area (Å²) >= 11 is 0. The predicted molar refractivity (Wildman–Crippen MR) is 122 cm³/mol. The van der Waals surface area contributed by atoms with Crippen molar-refractivity contribution in [2.75, 3.05) is 14.2 Å². The average molecular weight is 496 g/mol. The summed E-state index contributed by atoms with van der Waals surface area (Å²) in [6.45, 7) is -0.141. The van der Waals surface area contributed by atoms with Crippen LogP contribution in [0.15, 0.2) is 66.7 Å². The van der Waals surface area contributed by atoms with Gasteiger partial charge in [-0.15, -0.1) is 0 Å². The molecule has 184 valence electrons. The molecule has 0 aliphatic heterocycles. The number of carbonyl (C=O) groups excluding carboxylic acids is 2. The highest BCUT2D eigenvalue weighted by Crippen LogP contribution is 2.30. The SMILES string of the molecule is COC(=O)c1c(-c2ccc(COc3ccc(F)c(F)c3F)cc2)nn(-c2ccccc2)c1C(=O)OC. The Morgan fingerprint density at radius 3 is 2.14 bits per heavy atom. The fourth-order valence-corrected chi connectivity index (χ4v) is 3.50. The number of methoxy groups -OCH3 is 2. The molecule has 10 heteroatoms. The van der Waals surface area contributed by atoms with Gasteiger partial charge in [0.2, 0.25) is 5.82 Å². The van der Waals surface area contributed by atoms with E-state index >= 15 is 0 Å². The van der Waals surface area contributed by atoms with Crippen LogP contribution in [0.25, 0.3) is 16.9 Å². The average Bonchev–Trinajstić information content (AvgIpc) is 3.32. The molecule has 0 N–H and O–H groups in total. The van der Waals surface area contributed by atoms with E-state index in [0.717, 1.165) is 12.1 Å². The van der Waals surface area contributed by atoms with E-state index in [1.165, 1.54) is 18.9 Å². The molecule has 0 saturated carbocycles. The van der Waals surface area contributed by atoms with Crippen molar-refractivity contribution in [3.8, 4) is 22.7 Å². The molecule has 0 fully saturated rings. The van der Waals surface area contributed by atoms with Crippen LogP contribution < -0.4 is 4.74 Å². The Balaban J connectivity index is 1.71. The van der Waals surface area contributed by atoms with E-state index in [9.17, 15) is 22.8 Å². The monoisotopic (exact) mass is 496 g/mol. The van der Waals surface area contributed by atoms with Crippen LogP contribution in [-0.2, 0) is 16.1 Å². The molecule has 0 spiro atoms. The minimum atomic E-state index is -1.62. The molecule has 7 nitrogen and oxygen atoms in total. The third kappa shape index (κ3) is 4.65. The Kier molecular flexibility index (Phi) is 7.05. The van der Waals surface area contributed by atoms with Crippen LogP contribution in [0.1, 0.15) is 26.4 Å². The number of aromatic nitrogens is 2. The highest BCUT2D eigenvalue weighted by Gasteiger charge is 2.31. The number of para-hydroxylation sites is 1. The maximum absolute atomic E-state index is 13.8. The molecule has 0 aliphatic carbocycles. The number of hydrogen-bond donors (Lipinski definition) is 0. The van der Waals surface area contributed by atoms with Crippen molar-refractivity contribution < 1.29 is 37.0 Å². The molecule has 0 aliphatic rings. The largest absolute Gasteiger partial charge is 0.486 e. The Bertz CT molecular complexity index is 1420. The molecule has 3 aromatic carbocycles. The number of benzene rings is 3. The molecule has 4 aromatic rings. The van der Waals surface area contributed by atoms with Crippen LogP contribution >= 0.6 is 0 Å². The molecular weight excluding hydrogens is 477 g/mol. The van der Waals surface area contributed by atoms with E-state index in [-0.39, 0.29) is 23.6 Å². The highest BCUT2D eigenvalue weighted by molar-refractivity contribution is 6.06. The number of carbonyl (C=O) groups is 2. The van der Waals surface area contributed by atoms with Crippen molar-refractivity contribution in [2.45, 2.75) is 6.61 Å². The number of rotatable bonds is 7. The van der Waals surface area contributed by atoms with Crippen molar-refractivity contribution in [1.29, 1.82) is 0 Å². The Morgan fingerprint density at radius 2 is 1.50 bits per heavy atom. The van der Waals surface area contributed by atoms with Crippen LogP contribution in [0.4, 0.5) is 13.2 Å². The van der Waals surface area contributed by atoms with Gasteiger partial charge in [-0.25, -0.2) is 23.1 Å². The fourth-order valence-electron chi connectivity index (χ4n) is 3.50. The number of nitrogens with zero attached hydrogens (tertiary/aromatic N) is 2. The number of esters is 2. The van der Waals surface area contributed by atoms with Crippen LogP contribution in [-0.4, -0.2) is 35.9 Å². The predicted octanol–water partition coefficient (Wildman–Crippen LogP) is 5.11. The quantitative estimate of drug-likeness (QED) is 0.261. The zero-order chi connectivity index (χ0) is 25.8. The molecule has 1 aromatic heterocycles. The van der Waals surface area contributed by atoms with Gasteiger partial charge < -0.3 is 14.2 Å². The van der Waals surface area contributed by atoms with Gasteiger partial charge in [0.25, 0.3) is 0 Å². The zero-order valence-electron chi connectivity index (χ0n) is 19.1. The second-order valence-corrected chi connectivity index (χ2v) is 7.46. The third-order valence-corrected chi connectivity index (χ3v) is 5.28. The minimum Gasteiger partial charge on any atom is -0.486 e. The van der Waals surface area contributed by atoms with Crippen molar-refractivity contribution in [2.24, 2.45) is 0 Å². The van der Waals surface area contributed by atoms with Gasteiger partial charge in [-0.1, -0.05) is 42.5 Å². The van der Waals surface area contributed by atoms with Crippen molar-refractivity contribution in [1.82, 2.24) is 9.78 Å². The van der Waals surface area contributed by atoms with Gasteiger partial charge in [0.05, 0.1) is 19.9 Å². The van der Waals surface area contributed by atoms with Gasteiger partial charge in [0, 0.05) is 5.56 Å². The van der Waals surface area contributed by atoms with Gasteiger partial charge in [0.1, 0.15) is 17.9 Å². The molecule has 0 amide bonds. The lowest BCUT2D eigenvalue weighted by Crippen LogP contribution is -2.15. The normalized spacial score (nSPS) is 10.7. The fraction of sp³-hybridized carbons (Fsp3) is 0.115. The van der Waals surface area contributed by atoms with E-state index in [1.54, 1.807) is 54.6 Å². The van der Waals surface area contributed by atoms with Crippen LogP contribution in [0.3, 0.4) is 0 Å². The minimum absolute atomic E-state index is 0.0824. The molecular formula is C26H19F3N2O5. The van der Waals surface area contributed by atoms with Gasteiger partial charge in [-0.2, -0.15) is 9.49 Å². The number of ether oxygens (including phenoxy) is 3. The third-order valence-electron chi connectivity index (χ3n) is 5.28. The molecule has 0 bridgehead atoms. The van der Waals surface area contributed by atoms with Crippen molar-refractivity contribution in [3.05, 3.63) is 101 Å². The lowest BCUT2D eigenvalue weighted by Gasteiger charge is -2.09. The number of halogens is 3. The van der Waals surface area contributed by atoms with Crippen LogP contribution in [0, 0.1) is 17.5 Å². The van der Waals surface area contributed by atoms with Gasteiger partial charge in [-0.3, -0.25) is 0 Å². The first-order chi connectivity index (χ1) is 17.3. The molecule has 0 saturated heterocycles. The second-order valence-electron chi connectivity index (χ2n) is 7.46. The summed E-state index contributed by atoms with van der Waals surface area (Å²) in [5.74, 6) is -6.35. The zero-order valence-corrected chi connectivity index (χ0v) is 19.1. The molecule has 0 atom stereocenters. The molecule has 4 rings (SSSR count). The smallest absolute Gasteiger partial charge is 0.357 e. The lowest BCUT2D eigenvalue weighted by molar-refractivity contribution is 0.0549. The summed E-state index contributed by atoms with van der Waals surface area (Å²) in [5, 5.41) is 4.50. The van der Waals surface area contributed by atoms with Gasteiger partial charge in [0.15, 0.2) is 23.1 Å². The van der Waals surface area contributed by atoms with E-state index in [0.29, 0.717) is 16.8 Å². The maximum atomic E-state index is 13.8. The van der Waals surface area contributed by atoms with Crippen LogP contribution in [0.5, 0.6) is 5.75 Å². The van der Waals surface area contributed by atoms with Gasteiger partial charge in [-0.05, 0) is 29.8 Å². The van der Waals surface area contributed by atoms with Gasteiger partial charge >= 0.3 is 11.9 Å². The molecule has 0 unspecified atom stereocenters. The van der Waals surface area contributed by atoms with Crippen LogP contribution in [0.2, 0.25) is 0 Å². The summed E-state index contributed by atoms with van der Waals surface area (Å²) in [6.07, 6.45) is 0. The Labute approximate surface area is 203 Å². The van der Waals surface area contributed by atoms with Crippen molar-refractivity contribution >= 4 is 11.9 Å². The highest BCUT2D eigenvalue weighted by atomic mass is 19.2. The summed E-state index contributed by atoms with van der Waals surface area (Å²) in [7, 11) is 2.38. The van der Waals surface area contributed by atoms with E-state index in [4.69, 9.17) is 14.2 Å². The van der Waals surface area contributed by atoms with E-state index in [1.807, 2.05) is 0 Å².